The van der Waals surface area contributed by atoms with Crippen LogP contribution in [0.3, 0.4) is 0 Å². The molecule has 3 rings (SSSR count). The van der Waals surface area contributed by atoms with Gasteiger partial charge in [-0.3, -0.25) is 14.5 Å². The van der Waals surface area contributed by atoms with Crippen molar-refractivity contribution in [1.82, 2.24) is 10.2 Å². The number of imide groups is 1. The van der Waals surface area contributed by atoms with Crippen LogP contribution < -0.4 is 10.6 Å². The standard InChI is InChI=1S/C19H17BrFN3O3/c1-11-3-8-14(9-15(11)20)22-16(25)10-24-17(26)19(2,23-18(24)27)12-4-6-13(21)7-5-12/h3-9H,10H2,1-2H3,(H,22,25)(H,23,27). The topological polar surface area (TPSA) is 78.5 Å². The minimum absolute atomic E-state index is 0.424. The first-order valence-corrected chi connectivity index (χ1v) is 8.96. The van der Waals surface area contributed by atoms with Gasteiger partial charge in [-0.15, -0.1) is 0 Å². The Morgan fingerprint density at radius 1 is 1.22 bits per heavy atom. The Bertz CT molecular complexity index is 932. The molecule has 1 fully saturated rings. The number of carbonyl (C=O) groups excluding carboxylic acids is 3. The molecule has 1 unspecified atom stereocenters. The van der Waals surface area contributed by atoms with Gasteiger partial charge in [0, 0.05) is 10.2 Å². The Kier molecular flexibility index (Phi) is 5.01. The second-order valence-corrected chi connectivity index (χ2v) is 7.32. The van der Waals surface area contributed by atoms with Gasteiger partial charge in [-0.25, -0.2) is 9.18 Å². The van der Waals surface area contributed by atoms with E-state index in [4.69, 9.17) is 0 Å². The highest BCUT2D eigenvalue weighted by Gasteiger charge is 2.49. The maximum absolute atomic E-state index is 13.1. The molecule has 0 saturated carbocycles. The molecule has 0 bridgehead atoms. The number of rotatable bonds is 4. The number of anilines is 1. The second kappa shape index (κ2) is 7.11. The van der Waals surface area contributed by atoms with E-state index in [0.717, 1.165) is 14.9 Å². The lowest BCUT2D eigenvalue weighted by Crippen LogP contribution is -2.42. The molecule has 0 spiro atoms. The summed E-state index contributed by atoms with van der Waals surface area (Å²) in [4.78, 5) is 38.2. The summed E-state index contributed by atoms with van der Waals surface area (Å²) in [5.41, 5.74) is 0.647. The number of halogens is 2. The normalized spacial score (nSPS) is 19.2. The van der Waals surface area contributed by atoms with Crippen LogP contribution in [0, 0.1) is 12.7 Å². The van der Waals surface area contributed by atoms with Crippen molar-refractivity contribution in [2.45, 2.75) is 19.4 Å². The molecule has 6 nitrogen and oxygen atoms in total. The predicted octanol–water partition coefficient (Wildman–Crippen LogP) is 3.30. The Morgan fingerprint density at radius 2 is 1.89 bits per heavy atom. The van der Waals surface area contributed by atoms with Crippen LogP contribution in [0.5, 0.6) is 0 Å². The van der Waals surface area contributed by atoms with E-state index in [0.29, 0.717) is 11.3 Å². The molecule has 0 aromatic heterocycles. The monoisotopic (exact) mass is 433 g/mol. The number of amides is 4. The van der Waals surface area contributed by atoms with Crippen LogP contribution in [0.25, 0.3) is 0 Å². The lowest BCUT2D eigenvalue weighted by Gasteiger charge is -2.22. The lowest BCUT2D eigenvalue weighted by molar-refractivity contribution is -0.133. The number of carbonyl (C=O) groups is 3. The Hall–Kier alpha value is -2.74. The molecule has 2 aromatic rings. The molecule has 27 heavy (non-hydrogen) atoms. The van der Waals surface area contributed by atoms with Crippen molar-refractivity contribution < 1.29 is 18.8 Å². The molecular formula is C19H17BrFN3O3. The van der Waals surface area contributed by atoms with Gasteiger partial charge in [-0.2, -0.15) is 0 Å². The first kappa shape index (κ1) is 19.0. The summed E-state index contributed by atoms with van der Waals surface area (Å²) in [5, 5.41) is 5.24. The smallest absolute Gasteiger partial charge is 0.324 e. The highest BCUT2D eigenvalue weighted by molar-refractivity contribution is 9.10. The van der Waals surface area contributed by atoms with Gasteiger partial charge in [0.05, 0.1) is 0 Å². The number of benzene rings is 2. The Labute approximate surface area is 163 Å². The lowest BCUT2D eigenvalue weighted by atomic mass is 9.92. The third-order valence-corrected chi connectivity index (χ3v) is 5.31. The van der Waals surface area contributed by atoms with E-state index in [2.05, 4.69) is 26.6 Å². The van der Waals surface area contributed by atoms with Crippen LogP contribution in [0.15, 0.2) is 46.9 Å². The maximum Gasteiger partial charge on any atom is 0.325 e. The number of hydrogen-bond acceptors (Lipinski definition) is 3. The first-order valence-electron chi connectivity index (χ1n) is 8.17. The van der Waals surface area contributed by atoms with Crippen molar-refractivity contribution in [3.8, 4) is 0 Å². The van der Waals surface area contributed by atoms with Crippen LogP contribution in [0.1, 0.15) is 18.1 Å². The summed E-state index contributed by atoms with van der Waals surface area (Å²) in [6.45, 7) is 3.02. The predicted molar refractivity (Wildman–Crippen MR) is 102 cm³/mol. The van der Waals surface area contributed by atoms with Crippen molar-refractivity contribution in [2.24, 2.45) is 0 Å². The van der Waals surface area contributed by atoms with Crippen LogP contribution in [-0.4, -0.2) is 29.3 Å². The highest BCUT2D eigenvalue weighted by Crippen LogP contribution is 2.29. The van der Waals surface area contributed by atoms with Gasteiger partial charge in [0.1, 0.15) is 17.9 Å². The van der Waals surface area contributed by atoms with Gasteiger partial charge in [-0.1, -0.05) is 34.1 Å². The summed E-state index contributed by atoms with van der Waals surface area (Å²) >= 11 is 3.38. The third-order valence-electron chi connectivity index (χ3n) is 4.45. The minimum Gasteiger partial charge on any atom is -0.324 e. The van der Waals surface area contributed by atoms with E-state index in [-0.39, 0.29) is 0 Å². The Balaban J connectivity index is 1.74. The highest BCUT2D eigenvalue weighted by atomic mass is 79.9. The van der Waals surface area contributed by atoms with E-state index in [1.165, 1.54) is 31.2 Å². The fourth-order valence-corrected chi connectivity index (χ4v) is 3.21. The number of aryl methyl sites for hydroxylation is 1. The van der Waals surface area contributed by atoms with E-state index < -0.39 is 35.7 Å². The number of hydrogen-bond donors (Lipinski definition) is 2. The van der Waals surface area contributed by atoms with Gasteiger partial charge in [0.15, 0.2) is 0 Å². The molecule has 4 amide bonds. The molecule has 1 aliphatic rings. The van der Waals surface area contributed by atoms with Crippen molar-refractivity contribution in [2.75, 3.05) is 11.9 Å². The van der Waals surface area contributed by atoms with Gasteiger partial charge < -0.3 is 10.6 Å². The molecule has 140 valence electrons. The van der Waals surface area contributed by atoms with Crippen molar-refractivity contribution in [3.63, 3.8) is 0 Å². The maximum atomic E-state index is 13.1. The molecule has 2 aromatic carbocycles. The average Bonchev–Trinajstić information content (AvgIpc) is 2.83. The average molecular weight is 434 g/mol. The molecule has 1 aliphatic heterocycles. The van der Waals surface area contributed by atoms with Crippen molar-refractivity contribution in [3.05, 3.63) is 63.9 Å². The Morgan fingerprint density at radius 3 is 2.52 bits per heavy atom. The van der Waals surface area contributed by atoms with Crippen LogP contribution in [0.2, 0.25) is 0 Å². The van der Waals surface area contributed by atoms with Gasteiger partial charge in [-0.05, 0) is 49.2 Å². The van der Waals surface area contributed by atoms with Gasteiger partial charge in [0.25, 0.3) is 5.91 Å². The fourth-order valence-electron chi connectivity index (χ4n) is 2.83. The van der Waals surface area contributed by atoms with Crippen LogP contribution in [0.4, 0.5) is 14.9 Å². The van der Waals surface area contributed by atoms with E-state index in [9.17, 15) is 18.8 Å². The van der Waals surface area contributed by atoms with Gasteiger partial charge >= 0.3 is 6.03 Å². The first-order chi connectivity index (χ1) is 12.7. The molecule has 0 aliphatic carbocycles. The number of urea groups is 1. The summed E-state index contributed by atoms with van der Waals surface area (Å²) in [6, 6.07) is 9.91. The molecule has 0 radical (unpaired) electrons. The summed E-state index contributed by atoms with van der Waals surface area (Å²) in [5.74, 6) is -1.52. The van der Waals surface area contributed by atoms with E-state index >= 15 is 0 Å². The van der Waals surface area contributed by atoms with Crippen molar-refractivity contribution in [1.29, 1.82) is 0 Å². The van der Waals surface area contributed by atoms with Crippen molar-refractivity contribution >= 4 is 39.5 Å². The molecule has 8 heteroatoms. The summed E-state index contributed by atoms with van der Waals surface area (Å²) in [6.07, 6.45) is 0. The van der Waals surface area contributed by atoms with E-state index in [1.54, 1.807) is 12.1 Å². The third kappa shape index (κ3) is 3.71. The number of nitrogens with one attached hydrogen (secondary N) is 2. The van der Waals surface area contributed by atoms with E-state index in [1.807, 2.05) is 13.0 Å². The quantitative estimate of drug-likeness (QED) is 0.725. The van der Waals surface area contributed by atoms with Crippen LogP contribution >= 0.6 is 15.9 Å². The molecule has 1 atom stereocenters. The minimum atomic E-state index is -1.35. The van der Waals surface area contributed by atoms with Crippen LogP contribution in [-0.2, 0) is 15.1 Å². The zero-order valence-electron chi connectivity index (χ0n) is 14.7. The second-order valence-electron chi connectivity index (χ2n) is 6.47. The number of nitrogens with zero attached hydrogens (tertiary/aromatic N) is 1. The fraction of sp³-hybridized carbons (Fsp3) is 0.211. The zero-order chi connectivity index (χ0) is 19.8. The molecule has 1 saturated heterocycles. The molecular weight excluding hydrogens is 417 g/mol. The summed E-state index contributed by atoms with van der Waals surface area (Å²) in [7, 11) is 0. The molecule has 2 N–H and O–H groups in total. The molecule has 1 heterocycles. The van der Waals surface area contributed by atoms with Gasteiger partial charge in [0.2, 0.25) is 5.91 Å². The summed E-state index contributed by atoms with van der Waals surface area (Å²) < 4.78 is 14.0. The zero-order valence-corrected chi connectivity index (χ0v) is 16.3. The largest absolute Gasteiger partial charge is 0.325 e. The SMILES string of the molecule is Cc1ccc(NC(=O)CN2C(=O)NC(C)(c3ccc(F)cc3)C2=O)cc1Br.